The average molecular weight is 283 g/mol. The molecular formula is C14H25N3OS. The van der Waals surface area contributed by atoms with Crippen LogP contribution in [0.4, 0.5) is 0 Å². The van der Waals surface area contributed by atoms with Crippen LogP contribution in [0.2, 0.25) is 0 Å². The monoisotopic (exact) mass is 283 g/mol. The van der Waals surface area contributed by atoms with Gasteiger partial charge in [-0.25, -0.2) is 4.98 Å². The van der Waals surface area contributed by atoms with E-state index in [1.165, 1.54) is 0 Å². The van der Waals surface area contributed by atoms with Gasteiger partial charge in [0.15, 0.2) is 0 Å². The van der Waals surface area contributed by atoms with Crippen molar-refractivity contribution in [1.82, 2.24) is 15.6 Å². The van der Waals surface area contributed by atoms with Crippen LogP contribution in [0.1, 0.15) is 44.3 Å². The molecule has 1 heterocycles. The minimum atomic E-state index is -0.152. The Labute approximate surface area is 120 Å². The van der Waals surface area contributed by atoms with Gasteiger partial charge in [0.25, 0.3) is 0 Å². The fourth-order valence-electron chi connectivity index (χ4n) is 1.85. The van der Waals surface area contributed by atoms with Gasteiger partial charge in [0.2, 0.25) is 5.91 Å². The first kappa shape index (κ1) is 16.1. The molecule has 1 aromatic rings. The summed E-state index contributed by atoms with van der Waals surface area (Å²) in [6.45, 7) is 8.88. The van der Waals surface area contributed by atoms with Gasteiger partial charge in [-0.1, -0.05) is 13.8 Å². The molecule has 19 heavy (non-hydrogen) atoms. The second-order valence-corrected chi connectivity index (χ2v) is 5.87. The molecule has 1 amide bonds. The lowest BCUT2D eigenvalue weighted by atomic mass is 10.1. The summed E-state index contributed by atoms with van der Waals surface area (Å²) in [5, 5.41) is 9.47. The van der Waals surface area contributed by atoms with Crippen LogP contribution in [0.15, 0.2) is 5.38 Å². The van der Waals surface area contributed by atoms with Gasteiger partial charge >= 0.3 is 0 Å². The predicted octanol–water partition coefficient (Wildman–Crippen LogP) is 2.28. The van der Waals surface area contributed by atoms with E-state index in [9.17, 15) is 4.79 Å². The first-order chi connectivity index (χ1) is 9.06. The van der Waals surface area contributed by atoms with Crippen molar-refractivity contribution < 1.29 is 4.79 Å². The molecule has 0 spiro atoms. The molecule has 1 aromatic heterocycles. The Kier molecular flexibility index (Phi) is 7.02. The summed E-state index contributed by atoms with van der Waals surface area (Å²) in [5.74, 6) is 0.0863. The Morgan fingerprint density at radius 2 is 2.11 bits per heavy atom. The maximum atomic E-state index is 11.9. The highest BCUT2D eigenvalue weighted by Crippen LogP contribution is 2.07. The molecule has 0 aromatic carbocycles. The summed E-state index contributed by atoms with van der Waals surface area (Å²) in [6.07, 6.45) is 2.83. The highest BCUT2D eigenvalue weighted by Gasteiger charge is 2.14. The molecule has 0 saturated carbocycles. The van der Waals surface area contributed by atoms with Gasteiger partial charge in [0, 0.05) is 24.4 Å². The topological polar surface area (TPSA) is 54.0 Å². The summed E-state index contributed by atoms with van der Waals surface area (Å²) in [4.78, 5) is 16.3. The van der Waals surface area contributed by atoms with E-state index >= 15 is 0 Å². The molecule has 0 bridgehead atoms. The second-order valence-electron chi connectivity index (χ2n) is 4.81. The lowest BCUT2D eigenvalue weighted by Gasteiger charge is -2.19. The van der Waals surface area contributed by atoms with E-state index < -0.39 is 0 Å². The number of nitrogens with zero attached hydrogens (tertiary/aromatic N) is 1. The molecule has 108 valence electrons. The van der Waals surface area contributed by atoms with Crippen molar-refractivity contribution in [2.45, 2.75) is 59.0 Å². The van der Waals surface area contributed by atoms with Crippen molar-refractivity contribution in [3.63, 3.8) is 0 Å². The number of amides is 1. The van der Waals surface area contributed by atoms with E-state index in [1.54, 1.807) is 11.3 Å². The third-order valence-electron chi connectivity index (χ3n) is 3.22. The first-order valence-electron chi connectivity index (χ1n) is 7.01. The molecule has 5 heteroatoms. The Balaban J connectivity index is 2.26. The molecule has 0 fully saturated rings. The molecular weight excluding hydrogens is 258 g/mol. The highest BCUT2D eigenvalue weighted by molar-refractivity contribution is 7.09. The zero-order chi connectivity index (χ0) is 14.3. The Morgan fingerprint density at radius 3 is 2.63 bits per heavy atom. The highest BCUT2D eigenvalue weighted by atomic mass is 32.1. The van der Waals surface area contributed by atoms with E-state index in [4.69, 9.17) is 0 Å². The number of aryl methyl sites for hydroxylation is 1. The van der Waals surface area contributed by atoms with Crippen LogP contribution in [0.5, 0.6) is 0 Å². The van der Waals surface area contributed by atoms with E-state index in [-0.39, 0.29) is 18.0 Å². The Bertz CT molecular complexity index is 388. The largest absolute Gasteiger partial charge is 0.352 e. The standard InChI is InChI=1S/C14H25N3OS/c1-5-12(6-2)17-14(18)10(3)15-8-7-13-9-19-11(4)16-13/h9-10,12,15H,5-8H2,1-4H3,(H,17,18). The van der Waals surface area contributed by atoms with Crippen molar-refractivity contribution in [3.8, 4) is 0 Å². The normalized spacial score (nSPS) is 12.7. The van der Waals surface area contributed by atoms with Crippen LogP contribution in [0, 0.1) is 6.92 Å². The first-order valence-corrected chi connectivity index (χ1v) is 7.89. The minimum absolute atomic E-state index is 0.0863. The fraction of sp³-hybridized carbons (Fsp3) is 0.714. The van der Waals surface area contributed by atoms with Crippen molar-refractivity contribution in [2.24, 2.45) is 0 Å². The van der Waals surface area contributed by atoms with Crippen LogP contribution in [-0.2, 0) is 11.2 Å². The maximum absolute atomic E-state index is 11.9. The van der Waals surface area contributed by atoms with Gasteiger partial charge in [-0.05, 0) is 26.7 Å². The third kappa shape index (κ3) is 5.70. The van der Waals surface area contributed by atoms with Crippen LogP contribution < -0.4 is 10.6 Å². The zero-order valence-electron chi connectivity index (χ0n) is 12.3. The molecule has 1 unspecified atom stereocenters. The Morgan fingerprint density at radius 1 is 1.42 bits per heavy atom. The summed E-state index contributed by atoms with van der Waals surface area (Å²) >= 11 is 1.67. The smallest absolute Gasteiger partial charge is 0.237 e. The lowest BCUT2D eigenvalue weighted by molar-refractivity contribution is -0.123. The molecule has 1 atom stereocenters. The SMILES string of the molecule is CCC(CC)NC(=O)C(C)NCCc1csc(C)n1. The number of aromatic nitrogens is 1. The fourth-order valence-corrected chi connectivity index (χ4v) is 2.50. The predicted molar refractivity (Wildman–Crippen MR) is 80.5 cm³/mol. The van der Waals surface area contributed by atoms with Gasteiger partial charge in [0.1, 0.15) is 0 Å². The molecule has 4 nitrogen and oxygen atoms in total. The quantitative estimate of drug-likeness (QED) is 0.769. The summed E-state index contributed by atoms with van der Waals surface area (Å²) < 4.78 is 0. The number of rotatable bonds is 8. The van der Waals surface area contributed by atoms with Crippen LogP contribution in [0.3, 0.4) is 0 Å². The van der Waals surface area contributed by atoms with Gasteiger partial charge in [-0.2, -0.15) is 0 Å². The van der Waals surface area contributed by atoms with Gasteiger partial charge < -0.3 is 10.6 Å². The maximum Gasteiger partial charge on any atom is 0.237 e. The molecule has 0 saturated heterocycles. The number of hydrogen-bond donors (Lipinski definition) is 2. The second kappa shape index (κ2) is 8.27. The number of hydrogen-bond acceptors (Lipinski definition) is 4. The van der Waals surface area contributed by atoms with Gasteiger partial charge in [0.05, 0.1) is 16.7 Å². The van der Waals surface area contributed by atoms with Crippen LogP contribution >= 0.6 is 11.3 Å². The number of carbonyl (C=O) groups is 1. The number of nitrogens with one attached hydrogen (secondary N) is 2. The zero-order valence-corrected chi connectivity index (χ0v) is 13.1. The third-order valence-corrected chi connectivity index (χ3v) is 4.05. The van der Waals surface area contributed by atoms with Crippen molar-refractivity contribution in [3.05, 3.63) is 16.1 Å². The Hall–Kier alpha value is -0.940. The van der Waals surface area contributed by atoms with E-state index in [0.717, 1.165) is 36.5 Å². The van der Waals surface area contributed by atoms with E-state index in [2.05, 4.69) is 34.8 Å². The number of thiazole rings is 1. The average Bonchev–Trinajstić information content (AvgIpc) is 2.81. The summed E-state index contributed by atoms with van der Waals surface area (Å²) in [7, 11) is 0. The lowest BCUT2D eigenvalue weighted by Crippen LogP contribution is -2.46. The van der Waals surface area contributed by atoms with E-state index in [1.807, 2.05) is 13.8 Å². The van der Waals surface area contributed by atoms with Crippen molar-refractivity contribution in [1.29, 1.82) is 0 Å². The molecule has 0 aliphatic carbocycles. The van der Waals surface area contributed by atoms with E-state index in [0.29, 0.717) is 0 Å². The van der Waals surface area contributed by atoms with Crippen LogP contribution in [0.25, 0.3) is 0 Å². The molecule has 0 radical (unpaired) electrons. The molecule has 1 rings (SSSR count). The van der Waals surface area contributed by atoms with Crippen molar-refractivity contribution in [2.75, 3.05) is 6.54 Å². The minimum Gasteiger partial charge on any atom is -0.352 e. The van der Waals surface area contributed by atoms with Crippen molar-refractivity contribution >= 4 is 17.2 Å². The molecule has 0 aliphatic rings. The summed E-state index contributed by atoms with van der Waals surface area (Å²) in [5.41, 5.74) is 1.10. The van der Waals surface area contributed by atoms with Gasteiger partial charge in [-0.3, -0.25) is 4.79 Å². The summed E-state index contributed by atoms with van der Waals surface area (Å²) in [6, 6.07) is 0.137. The molecule has 0 aliphatic heterocycles. The molecule has 2 N–H and O–H groups in total. The van der Waals surface area contributed by atoms with Crippen LogP contribution in [-0.4, -0.2) is 29.5 Å². The number of carbonyl (C=O) groups excluding carboxylic acids is 1. The van der Waals surface area contributed by atoms with Gasteiger partial charge in [-0.15, -0.1) is 11.3 Å².